The lowest BCUT2D eigenvalue weighted by Crippen LogP contribution is -2.12. The molecule has 2 heterocycles. The molecule has 0 fully saturated rings. The Kier molecular flexibility index (Phi) is 8.11. The van der Waals surface area contributed by atoms with Crippen molar-refractivity contribution in [1.82, 2.24) is 9.97 Å². The number of rotatable bonds is 8. The molecule has 0 aliphatic carbocycles. The maximum absolute atomic E-state index is 12.9. The Morgan fingerprint density at radius 1 is 0.720 bits per heavy atom. The zero-order chi connectivity index (χ0) is 34.2. The van der Waals surface area contributed by atoms with Crippen molar-refractivity contribution >= 4 is 76.8 Å². The average molecular weight is 694 g/mol. The van der Waals surface area contributed by atoms with E-state index in [0.717, 1.165) is 36.4 Å². The van der Waals surface area contributed by atoms with Gasteiger partial charge in [0, 0.05) is 28.6 Å². The molecule has 50 heavy (non-hydrogen) atoms. The molecule has 1 amide bonds. The van der Waals surface area contributed by atoms with Crippen molar-refractivity contribution < 1.29 is 19.4 Å². The quantitative estimate of drug-likeness (QED) is 0.153. The van der Waals surface area contributed by atoms with Crippen LogP contribution in [-0.4, -0.2) is 35.2 Å². The number of methoxy groups -OCH3 is 2. The van der Waals surface area contributed by atoms with Crippen LogP contribution in [0.2, 0.25) is 0 Å². The number of thiazole rings is 2. The molecule has 0 aliphatic rings. The molecule has 244 valence electrons. The smallest absolute Gasteiger partial charge is 0.255 e. The van der Waals surface area contributed by atoms with Gasteiger partial charge in [0.2, 0.25) is 0 Å². The number of aromatic nitrogens is 2. The summed E-state index contributed by atoms with van der Waals surface area (Å²) in [6.07, 6.45) is 0. The Bertz CT molecular complexity index is 2530. The molecule has 0 saturated carbocycles. The van der Waals surface area contributed by atoms with Crippen LogP contribution in [0.1, 0.15) is 10.4 Å². The summed E-state index contributed by atoms with van der Waals surface area (Å²) in [6.45, 7) is 0. The molecule has 0 atom stereocenters. The molecule has 0 saturated heterocycles. The molecule has 8 rings (SSSR count). The highest BCUT2D eigenvalue weighted by molar-refractivity contribution is 7.22. The van der Waals surface area contributed by atoms with Gasteiger partial charge in [-0.25, -0.2) is 9.97 Å². The van der Waals surface area contributed by atoms with Crippen LogP contribution in [0.3, 0.4) is 0 Å². The molecule has 11 heteroatoms. The summed E-state index contributed by atoms with van der Waals surface area (Å²) in [5, 5.41) is 26.9. The lowest BCUT2D eigenvalue weighted by Gasteiger charge is -2.14. The van der Waals surface area contributed by atoms with Crippen LogP contribution < -0.4 is 14.8 Å². The maximum Gasteiger partial charge on any atom is 0.255 e. The van der Waals surface area contributed by atoms with Gasteiger partial charge < -0.3 is 19.9 Å². The molecule has 8 aromatic rings. The van der Waals surface area contributed by atoms with Gasteiger partial charge in [-0.1, -0.05) is 54.6 Å². The Balaban J connectivity index is 1.24. The zero-order valence-corrected chi connectivity index (χ0v) is 28.4. The first-order chi connectivity index (χ1) is 24.5. The molecular formula is C39H27N5O4S2. The van der Waals surface area contributed by atoms with Gasteiger partial charge in [-0.2, -0.15) is 0 Å². The van der Waals surface area contributed by atoms with Crippen molar-refractivity contribution in [1.29, 1.82) is 0 Å². The van der Waals surface area contributed by atoms with Crippen molar-refractivity contribution in [3.8, 4) is 38.4 Å². The first-order valence-corrected chi connectivity index (χ1v) is 17.2. The Morgan fingerprint density at radius 2 is 1.38 bits per heavy atom. The number of carbonyl (C=O) groups is 1. The molecular weight excluding hydrogens is 667 g/mol. The third kappa shape index (κ3) is 5.78. The Morgan fingerprint density at radius 3 is 2.08 bits per heavy atom. The summed E-state index contributed by atoms with van der Waals surface area (Å²) in [5.41, 5.74) is 4.79. The highest BCUT2D eigenvalue weighted by atomic mass is 32.1. The van der Waals surface area contributed by atoms with E-state index in [1.807, 2.05) is 66.7 Å². The zero-order valence-electron chi connectivity index (χ0n) is 26.7. The second-order valence-corrected chi connectivity index (χ2v) is 13.3. The highest BCUT2D eigenvalue weighted by Gasteiger charge is 2.20. The molecule has 0 spiro atoms. The minimum absolute atomic E-state index is 0.0503. The number of nitrogens with zero attached hydrogens (tertiary/aromatic N) is 4. The second-order valence-electron chi connectivity index (χ2n) is 11.3. The third-order valence-electron chi connectivity index (χ3n) is 8.19. The van der Waals surface area contributed by atoms with E-state index in [1.54, 1.807) is 47.7 Å². The fourth-order valence-electron chi connectivity index (χ4n) is 5.70. The summed E-state index contributed by atoms with van der Waals surface area (Å²) in [5.74, 6) is 0.364. The van der Waals surface area contributed by atoms with Crippen LogP contribution in [0.5, 0.6) is 17.2 Å². The topological polar surface area (TPSA) is 118 Å². The summed E-state index contributed by atoms with van der Waals surface area (Å²) in [6, 6.07) is 36.0. The van der Waals surface area contributed by atoms with Crippen LogP contribution in [-0.2, 0) is 0 Å². The fourth-order valence-corrected chi connectivity index (χ4v) is 7.65. The second kappa shape index (κ2) is 13.0. The lowest BCUT2D eigenvalue weighted by atomic mass is 10.0. The predicted molar refractivity (Wildman–Crippen MR) is 201 cm³/mol. The van der Waals surface area contributed by atoms with Gasteiger partial charge in [0.25, 0.3) is 5.91 Å². The van der Waals surface area contributed by atoms with Crippen LogP contribution in [0.25, 0.3) is 52.3 Å². The molecule has 0 aliphatic heterocycles. The number of phenols is 1. The molecule has 0 bridgehead atoms. The van der Waals surface area contributed by atoms with Crippen LogP contribution in [0.15, 0.2) is 125 Å². The van der Waals surface area contributed by atoms with E-state index in [-0.39, 0.29) is 17.3 Å². The number of fused-ring (bicyclic) bond motifs is 3. The Hall–Kier alpha value is -6.17. The number of azo groups is 1. The number of phenolic OH excluding ortho intramolecular Hbond substituents is 1. The normalized spacial score (nSPS) is 11.5. The first-order valence-electron chi connectivity index (χ1n) is 15.5. The minimum atomic E-state index is -0.298. The van der Waals surface area contributed by atoms with E-state index in [1.165, 1.54) is 25.6 Å². The van der Waals surface area contributed by atoms with Gasteiger partial charge in [-0.3, -0.25) is 4.79 Å². The van der Waals surface area contributed by atoms with E-state index in [9.17, 15) is 9.90 Å². The van der Waals surface area contributed by atoms with E-state index in [0.29, 0.717) is 44.4 Å². The van der Waals surface area contributed by atoms with E-state index in [2.05, 4.69) is 27.7 Å². The average Bonchev–Trinajstić information content (AvgIpc) is 3.79. The van der Waals surface area contributed by atoms with Gasteiger partial charge in [-0.15, -0.1) is 32.9 Å². The molecule has 9 nitrogen and oxygen atoms in total. The van der Waals surface area contributed by atoms with Crippen LogP contribution in [0.4, 0.5) is 17.1 Å². The fraction of sp³-hybridized carbons (Fsp3) is 0.0513. The number of hydrogen-bond donors (Lipinski definition) is 2. The van der Waals surface area contributed by atoms with E-state index < -0.39 is 0 Å². The molecule has 6 aromatic carbocycles. The monoisotopic (exact) mass is 693 g/mol. The summed E-state index contributed by atoms with van der Waals surface area (Å²) >= 11 is 3.11. The predicted octanol–water partition coefficient (Wildman–Crippen LogP) is 10.8. The number of hydrogen-bond acceptors (Lipinski definition) is 10. The lowest BCUT2D eigenvalue weighted by molar-refractivity contribution is 0.102. The van der Waals surface area contributed by atoms with Crippen molar-refractivity contribution in [2.24, 2.45) is 10.2 Å². The number of nitrogens with one attached hydrogen (secondary N) is 1. The van der Waals surface area contributed by atoms with E-state index >= 15 is 0 Å². The molecule has 2 N–H and O–H groups in total. The number of amides is 1. The van der Waals surface area contributed by atoms with Crippen molar-refractivity contribution in [2.75, 3.05) is 19.5 Å². The van der Waals surface area contributed by atoms with Crippen molar-refractivity contribution in [3.63, 3.8) is 0 Å². The first kappa shape index (κ1) is 31.1. The van der Waals surface area contributed by atoms with Gasteiger partial charge in [0.1, 0.15) is 32.9 Å². The SMILES string of the molecule is COc1cc(NC(=O)c2ccccc2)c(OC)cc1N=Nc1c(O)c(-c2nc3ccccc3s2)cc2cc(-c3nc4ccccc4s3)ccc12. The molecule has 2 aromatic heterocycles. The number of carbonyl (C=O) groups excluding carboxylic acids is 1. The van der Waals surface area contributed by atoms with Gasteiger partial charge in [0.05, 0.1) is 45.9 Å². The van der Waals surface area contributed by atoms with Crippen LogP contribution >= 0.6 is 22.7 Å². The molecule has 0 unspecified atom stereocenters. The highest BCUT2D eigenvalue weighted by Crippen LogP contribution is 2.47. The Labute approximate surface area is 294 Å². The molecule has 0 radical (unpaired) electrons. The number of aromatic hydroxyl groups is 1. The summed E-state index contributed by atoms with van der Waals surface area (Å²) in [4.78, 5) is 22.6. The summed E-state index contributed by atoms with van der Waals surface area (Å²) in [7, 11) is 3.01. The number of benzene rings is 6. The van der Waals surface area contributed by atoms with E-state index in [4.69, 9.17) is 19.4 Å². The minimum Gasteiger partial charge on any atom is -0.505 e. The number of anilines is 1. The number of ether oxygens (including phenoxy) is 2. The largest absolute Gasteiger partial charge is 0.505 e. The number of para-hydroxylation sites is 2. The van der Waals surface area contributed by atoms with Crippen molar-refractivity contribution in [3.05, 3.63) is 121 Å². The summed E-state index contributed by atoms with van der Waals surface area (Å²) < 4.78 is 13.4. The third-order valence-corrected chi connectivity index (χ3v) is 10.3. The standard InChI is InChI=1S/C39H27N5O4S2/c1-47-31-21-30(32(48-2)20-29(31)40-37(46)22-10-4-3-5-11-22)43-44-35-25-17-16-23(38-41-27-12-6-8-14-33(27)49-38)18-24(25)19-26(36(35)45)39-42-28-13-7-9-15-34(28)50-39/h3-21,45H,1-2H3,(H,40,46). The van der Waals surface area contributed by atoms with Crippen LogP contribution in [0, 0.1) is 0 Å². The maximum atomic E-state index is 12.9. The van der Waals surface area contributed by atoms with Crippen molar-refractivity contribution in [2.45, 2.75) is 0 Å². The van der Waals surface area contributed by atoms with Gasteiger partial charge >= 0.3 is 0 Å². The van der Waals surface area contributed by atoms with Gasteiger partial charge in [-0.05, 0) is 53.9 Å². The van der Waals surface area contributed by atoms with Gasteiger partial charge in [0.15, 0.2) is 5.75 Å².